The maximum Gasteiger partial charge on any atom is 0.291 e. The third-order valence-corrected chi connectivity index (χ3v) is 6.40. The summed E-state index contributed by atoms with van der Waals surface area (Å²) in [5.41, 5.74) is 2.60. The maximum atomic E-state index is 13.6. The van der Waals surface area contributed by atoms with Gasteiger partial charge in [-0.25, -0.2) is 0 Å². The van der Waals surface area contributed by atoms with E-state index in [1.54, 1.807) is 29.2 Å². The van der Waals surface area contributed by atoms with Gasteiger partial charge in [0.25, 0.3) is 11.6 Å². The number of nitro groups is 1. The largest absolute Gasteiger partial charge is 0.450 e. The molecule has 2 aliphatic rings. The normalized spacial score (nSPS) is 20.2. The van der Waals surface area contributed by atoms with E-state index in [2.05, 4.69) is 0 Å². The standard InChI is InChI=1S/C24H22N2O6/c1-13-9-18-19(10-14(13)2)32-23-20(22(18)27)21(15-5-3-6-16(11-15)26(29)30)25(24(23)28)12-17-7-4-8-31-17/h3,5-6,9-11,17,21H,4,7-8,12H2,1-2H3/t17-,21+/m1/s1. The number of nitrogens with zero attached hydrogens (tertiary/aromatic N) is 2. The van der Waals surface area contributed by atoms with E-state index >= 15 is 0 Å². The highest BCUT2D eigenvalue weighted by Crippen LogP contribution is 2.40. The lowest BCUT2D eigenvalue weighted by Gasteiger charge is -2.27. The lowest BCUT2D eigenvalue weighted by Crippen LogP contribution is -2.36. The Hall–Kier alpha value is -3.52. The lowest BCUT2D eigenvalue weighted by atomic mass is 9.97. The van der Waals surface area contributed by atoms with E-state index in [4.69, 9.17) is 9.15 Å². The highest BCUT2D eigenvalue weighted by Gasteiger charge is 2.44. The number of amides is 1. The minimum Gasteiger partial charge on any atom is -0.450 e. The van der Waals surface area contributed by atoms with Crippen molar-refractivity contribution in [2.75, 3.05) is 13.2 Å². The number of ether oxygens (including phenoxy) is 1. The summed E-state index contributed by atoms with van der Waals surface area (Å²) < 4.78 is 11.7. The Morgan fingerprint density at radius 1 is 1.16 bits per heavy atom. The molecule has 1 aromatic heterocycles. The van der Waals surface area contributed by atoms with Crippen molar-refractivity contribution in [3.8, 4) is 0 Å². The van der Waals surface area contributed by atoms with Gasteiger partial charge in [0, 0.05) is 25.3 Å². The number of nitro benzene ring substituents is 1. The van der Waals surface area contributed by atoms with Crippen LogP contribution in [0.3, 0.4) is 0 Å². The summed E-state index contributed by atoms with van der Waals surface area (Å²) in [6.45, 7) is 4.73. The van der Waals surface area contributed by atoms with Gasteiger partial charge in [-0.2, -0.15) is 0 Å². The number of fused-ring (bicyclic) bond motifs is 2. The van der Waals surface area contributed by atoms with Gasteiger partial charge in [-0.15, -0.1) is 0 Å². The molecule has 0 spiro atoms. The van der Waals surface area contributed by atoms with Gasteiger partial charge >= 0.3 is 0 Å². The number of non-ortho nitro benzene ring substituents is 1. The molecule has 2 aliphatic heterocycles. The first-order valence-corrected chi connectivity index (χ1v) is 10.6. The summed E-state index contributed by atoms with van der Waals surface area (Å²) in [6.07, 6.45) is 1.56. The van der Waals surface area contributed by atoms with Crippen molar-refractivity contribution in [3.63, 3.8) is 0 Å². The maximum absolute atomic E-state index is 13.6. The molecule has 2 atom stereocenters. The SMILES string of the molecule is Cc1cc2oc3c(c(=O)c2cc1C)[C@H](c1cccc([N+](=O)[O-])c1)N(C[C@H]1CCCO1)C3=O. The zero-order valence-electron chi connectivity index (χ0n) is 17.8. The first-order chi connectivity index (χ1) is 15.3. The number of carbonyl (C=O) groups excluding carboxylic acids is 1. The van der Waals surface area contributed by atoms with Crippen LogP contribution >= 0.6 is 0 Å². The van der Waals surface area contributed by atoms with Crippen LogP contribution in [0.1, 0.15) is 51.7 Å². The monoisotopic (exact) mass is 434 g/mol. The third kappa shape index (κ3) is 3.18. The van der Waals surface area contributed by atoms with Crippen LogP contribution < -0.4 is 5.43 Å². The number of benzene rings is 2. The van der Waals surface area contributed by atoms with E-state index in [-0.39, 0.29) is 35.1 Å². The Morgan fingerprint density at radius 2 is 1.94 bits per heavy atom. The second kappa shape index (κ2) is 7.56. The summed E-state index contributed by atoms with van der Waals surface area (Å²) >= 11 is 0. The fraction of sp³-hybridized carbons (Fsp3) is 0.333. The van der Waals surface area contributed by atoms with Crippen molar-refractivity contribution in [1.29, 1.82) is 0 Å². The van der Waals surface area contributed by atoms with Gasteiger partial charge < -0.3 is 14.1 Å². The minimum atomic E-state index is -0.774. The Morgan fingerprint density at radius 3 is 2.66 bits per heavy atom. The highest BCUT2D eigenvalue weighted by molar-refractivity contribution is 5.99. The number of rotatable bonds is 4. The zero-order chi connectivity index (χ0) is 22.6. The van der Waals surface area contributed by atoms with Crippen molar-refractivity contribution < 1.29 is 18.9 Å². The molecule has 1 saturated heterocycles. The van der Waals surface area contributed by atoms with Crippen molar-refractivity contribution in [2.24, 2.45) is 0 Å². The molecule has 8 nitrogen and oxygen atoms in total. The number of aryl methyl sites for hydroxylation is 2. The molecular formula is C24H22N2O6. The number of hydrogen-bond donors (Lipinski definition) is 0. The molecule has 0 bridgehead atoms. The quantitative estimate of drug-likeness (QED) is 0.453. The van der Waals surface area contributed by atoms with E-state index < -0.39 is 16.9 Å². The second-order valence-electron chi connectivity index (χ2n) is 8.45. The number of hydrogen-bond acceptors (Lipinski definition) is 6. The van der Waals surface area contributed by atoms with E-state index in [0.29, 0.717) is 23.1 Å². The molecule has 0 unspecified atom stereocenters. The highest BCUT2D eigenvalue weighted by atomic mass is 16.6. The van der Waals surface area contributed by atoms with E-state index in [1.807, 2.05) is 13.8 Å². The van der Waals surface area contributed by atoms with Crippen LogP contribution in [-0.2, 0) is 4.74 Å². The van der Waals surface area contributed by atoms with Crippen LogP contribution in [0.4, 0.5) is 5.69 Å². The van der Waals surface area contributed by atoms with Gasteiger partial charge in [0.2, 0.25) is 5.76 Å². The van der Waals surface area contributed by atoms with E-state index in [9.17, 15) is 19.7 Å². The van der Waals surface area contributed by atoms with Crippen LogP contribution in [0.15, 0.2) is 45.6 Å². The molecule has 0 radical (unpaired) electrons. The molecular weight excluding hydrogens is 412 g/mol. The predicted octanol–water partition coefficient (Wildman–Crippen LogP) is 4.04. The summed E-state index contributed by atoms with van der Waals surface area (Å²) in [7, 11) is 0. The summed E-state index contributed by atoms with van der Waals surface area (Å²) in [6, 6.07) is 8.84. The molecule has 5 rings (SSSR count). The van der Waals surface area contributed by atoms with Crippen LogP contribution in [0.5, 0.6) is 0 Å². The lowest BCUT2D eigenvalue weighted by molar-refractivity contribution is -0.384. The molecule has 0 N–H and O–H groups in total. The van der Waals surface area contributed by atoms with E-state index in [1.165, 1.54) is 12.1 Å². The minimum absolute atomic E-state index is 0.000237. The average molecular weight is 434 g/mol. The van der Waals surface area contributed by atoms with Gasteiger partial charge in [-0.3, -0.25) is 19.7 Å². The topological polar surface area (TPSA) is 103 Å². The zero-order valence-corrected chi connectivity index (χ0v) is 17.8. The van der Waals surface area contributed by atoms with Crippen molar-refractivity contribution >= 4 is 22.6 Å². The van der Waals surface area contributed by atoms with Gasteiger partial charge in [-0.05, 0) is 55.5 Å². The Bertz CT molecular complexity index is 1320. The third-order valence-electron chi connectivity index (χ3n) is 6.40. The van der Waals surface area contributed by atoms with E-state index in [0.717, 1.165) is 24.0 Å². The van der Waals surface area contributed by atoms with Crippen molar-refractivity contribution in [1.82, 2.24) is 4.90 Å². The van der Waals surface area contributed by atoms with Crippen molar-refractivity contribution in [2.45, 2.75) is 38.8 Å². The van der Waals surface area contributed by atoms with Crippen LogP contribution in [0.2, 0.25) is 0 Å². The Labute approximate surface area is 183 Å². The summed E-state index contributed by atoms with van der Waals surface area (Å²) in [4.78, 5) is 39.5. The average Bonchev–Trinajstić information content (AvgIpc) is 3.37. The molecule has 0 aliphatic carbocycles. The molecule has 32 heavy (non-hydrogen) atoms. The molecule has 164 valence electrons. The van der Waals surface area contributed by atoms with Crippen molar-refractivity contribution in [3.05, 3.63) is 84.7 Å². The van der Waals surface area contributed by atoms with Gasteiger partial charge in [0.05, 0.1) is 28.0 Å². The van der Waals surface area contributed by atoms with Crippen LogP contribution in [-0.4, -0.2) is 35.0 Å². The summed E-state index contributed by atoms with van der Waals surface area (Å²) in [5.74, 6) is -0.399. The smallest absolute Gasteiger partial charge is 0.291 e. The van der Waals surface area contributed by atoms with Gasteiger partial charge in [0.15, 0.2) is 5.43 Å². The molecule has 3 heterocycles. The van der Waals surface area contributed by atoms with Crippen LogP contribution in [0.25, 0.3) is 11.0 Å². The Balaban J connectivity index is 1.73. The first kappa shape index (κ1) is 20.4. The predicted molar refractivity (Wildman–Crippen MR) is 117 cm³/mol. The molecule has 3 aromatic rings. The molecule has 1 amide bonds. The second-order valence-corrected chi connectivity index (χ2v) is 8.45. The fourth-order valence-electron chi connectivity index (χ4n) is 4.63. The van der Waals surface area contributed by atoms with Gasteiger partial charge in [-0.1, -0.05) is 12.1 Å². The molecule has 1 fully saturated rings. The first-order valence-electron chi connectivity index (χ1n) is 10.6. The molecule has 2 aromatic carbocycles. The summed E-state index contributed by atoms with van der Waals surface area (Å²) in [5, 5.41) is 11.8. The Kier molecular flexibility index (Phi) is 4.82. The fourth-order valence-corrected chi connectivity index (χ4v) is 4.63. The molecule has 8 heteroatoms. The van der Waals surface area contributed by atoms with Gasteiger partial charge in [0.1, 0.15) is 5.58 Å². The molecule has 0 saturated carbocycles. The van der Waals surface area contributed by atoms with Crippen LogP contribution in [0, 0.1) is 24.0 Å². The number of carbonyl (C=O) groups is 1.